The summed E-state index contributed by atoms with van der Waals surface area (Å²) in [5.74, 6) is -1.38. The predicted molar refractivity (Wildman–Crippen MR) is 75.3 cm³/mol. The van der Waals surface area contributed by atoms with Gasteiger partial charge in [0.1, 0.15) is 6.10 Å². The summed E-state index contributed by atoms with van der Waals surface area (Å²) in [6, 6.07) is 9.41. The van der Waals surface area contributed by atoms with Gasteiger partial charge in [0.2, 0.25) is 5.76 Å². The molecule has 5 nitrogen and oxygen atoms in total. The van der Waals surface area contributed by atoms with Gasteiger partial charge in [0.25, 0.3) is 0 Å². The van der Waals surface area contributed by atoms with Crippen molar-refractivity contribution in [2.24, 2.45) is 0 Å². The third kappa shape index (κ3) is 2.97. The molecule has 2 rings (SSSR count). The summed E-state index contributed by atoms with van der Waals surface area (Å²) in [4.78, 5) is 23.3. The Morgan fingerprint density at radius 1 is 1.14 bits per heavy atom. The normalized spacial score (nSPS) is 20.2. The minimum Gasteiger partial charge on any atom is -0.477 e. The summed E-state index contributed by atoms with van der Waals surface area (Å²) in [5.41, 5.74) is 1.06. The lowest BCUT2D eigenvalue weighted by Gasteiger charge is -2.20. The van der Waals surface area contributed by atoms with Crippen LogP contribution in [0.1, 0.15) is 11.5 Å². The van der Waals surface area contributed by atoms with Crippen LogP contribution in [0.25, 0.3) is 0 Å². The highest BCUT2D eigenvalue weighted by Crippen LogP contribution is 2.36. The molecule has 1 heterocycles. The largest absolute Gasteiger partial charge is 0.477 e. The van der Waals surface area contributed by atoms with Gasteiger partial charge in [-0.3, -0.25) is 0 Å². The van der Waals surface area contributed by atoms with Gasteiger partial charge in [-0.15, -0.1) is 0 Å². The van der Waals surface area contributed by atoms with Crippen LogP contribution in [-0.2, 0) is 23.8 Å². The highest BCUT2D eigenvalue weighted by molar-refractivity contribution is 5.91. The second kappa shape index (κ2) is 6.26. The fraction of sp³-hybridized carbons (Fsp3) is 0.250. The number of hydrogen-bond acceptors (Lipinski definition) is 5. The average molecular weight is 288 g/mol. The molecule has 0 bridgehead atoms. The number of rotatable bonds is 4. The number of esters is 2. The van der Waals surface area contributed by atoms with Crippen molar-refractivity contribution in [2.45, 2.75) is 12.0 Å². The first-order chi connectivity index (χ1) is 10.1. The second-order valence-corrected chi connectivity index (χ2v) is 4.51. The third-order valence-corrected chi connectivity index (χ3v) is 3.27. The highest BCUT2D eigenvalue weighted by atomic mass is 16.6. The van der Waals surface area contributed by atoms with Crippen LogP contribution in [0, 0.1) is 0 Å². The molecule has 21 heavy (non-hydrogen) atoms. The molecular formula is C16H16O5. The third-order valence-electron chi connectivity index (χ3n) is 3.27. The van der Waals surface area contributed by atoms with Crippen molar-refractivity contribution in [3.8, 4) is 0 Å². The smallest absolute Gasteiger partial charge is 0.373 e. The van der Waals surface area contributed by atoms with E-state index in [-0.39, 0.29) is 17.3 Å². The van der Waals surface area contributed by atoms with E-state index in [9.17, 15) is 9.59 Å². The lowest BCUT2D eigenvalue weighted by Crippen LogP contribution is -2.24. The van der Waals surface area contributed by atoms with Crippen molar-refractivity contribution in [1.82, 2.24) is 0 Å². The van der Waals surface area contributed by atoms with Crippen LogP contribution in [0.3, 0.4) is 0 Å². The zero-order valence-corrected chi connectivity index (χ0v) is 11.9. The quantitative estimate of drug-likeness (QED) is 0.626. The van der Waals surface area contributed by atoms with Gasteiger partial charge in [0, 0.05) is 5.92 Å². The number of hydrogen-bond donors (Lipinski definition) is 0. The fourth-order valence-electron chi connectivity index (χ4n) is 2.20. The number of ether oxygens (including phenoxy) is 3. The minimum atomic E-state index is -0.686. The summed E-state index contributed by atoms with van der Waals surface area (Å²) in [6.45, 7) is 3.72. The molecule has 0 radical (unpaired) electrons. The zero-order chi connectivity index (χ0) is 15.4. The van der Waals surface area contributed by atoms with Crippen molar-refractivity contribution >= 4 is 11.9 Å². The SMILES string of the molecule is C=C(C(=O)OC)[C@H]1OC(C(=O)OC)=C[C@@H]1c1ccccc1. The molecule has 1 aromatic rings. The molecule has 5 heteroatoms. The van der Waals surface area contributed by atoms with E-state index in [1.807, 2.05) is 30.3 Å². The van der Waals surface area contributed by atoms with Crippen molar-refractivity contribution in [3.63, 3.8) is 0 Å². The van der Waals surface area contributed by atoms with Gasteiger partial charge >= 0.3 is 11.9 Å². The van der Waals surface area contributed by atoms with Crippen LogP contribution in [0.5, 0.6) is 0 Å². The predicted octanol–water partition coefficient (Wildman–Crippen LogP) is 1.96. The zero-order valence-electron chi connectivity index (χ0n) is 11.9. The fourth-order valence-corrected chi connectivity index (χ4v) is 2.20. The number of benzene rings is 1. The standard InChI is InChI=1S/C16H16O5/c1-10(15(17)19-2)14-12(11-7-5-4-6-8-11)9-13(21-14)16(18)20-3/h4-9,12,14H,1H2,2-3H3/t12-,14-/m1/s1. The molecule has 0 N–H and O–H groups in total. The monoisotopic (exact) mass is 288 g/mol. The van der Waals surface area contributed by atoms with Gasteiger partial charge in [0.05, 0.1) is 19.8 Å². The number of carbonyl (C=O) groups is 2. The van der Waals surface area contributed by atoms with Gasteiger partial charge in [0.15, 0.2) is 0 Å². The molecule has 0 amide bonds. The van der Waals surface area contributed by atoms with Crippen LogP contribution in [0.15, 0.2) is 54.3 Å². The van der Waals surface area contributed by atoms with Crippen LogP contribution in [-0.4, -0.2) is 32.3 Å². The topological polar surface area (TPSA) is 61.8 Å². The Balaban J connectivity index is 2.34. The molecule has 0 unspecified atom stereocenters. The maximum absolute atomic E-state index is 11.7. The Bertz CT molecular complexity index is 588. The molecule has 0 saturated heterocycles. The van der Waals surface area contributed by atoms with Crippen molar-refractivity contribution in [2.75, 3.05) is 14.2 Å². The van der Waals surface area contributed by atoms with Crippen LogP contribution in [0.2, 0.25) is 0 Å². The lowest BCUT2D eigenvalue weighted by molar-refractivity contribution is -0.142. The molecule has 1 aliphatic heterocycles. The summed E-state index contributed by atoms with van der Waals surface area (Å²) in [7, 11) is 2.54. The Hall–Kier alpha value is -2.56. The van der Waals surface area contributed by atoms with E-state index in [4.69, 9.17) is 4.74 Å². The van der Waals surface area contributed by atoms with E-state index in [2.05, 4.69) is 16.1 Å². The van der Waals surface area contributed by atoms with E-state index in [1.54, 1.807) is 6.08 Å². The first-order valence-corrected chi connectivity index (χ1v) is 6.37. The van der Waals surface area contributed by atoms with Crippen molar-refractivity contribution < 1.29 is 23.8 Å². The summed E-state index contributed by atoms with van der Waals surface area (Å²) < 4.78 is 14.9. The Morgan fingerprint density at radius 2 is 1.81 bits per heavy atom. The molecule has 0 spiro atoms. The first kappa shape index (κ1) is 14.8. The Kier molecular flexibility index (Phi) is 4.42. The lowest BCUT2D eigenvalue weighted by atomic mass is 9.90. The average Bonchev–Trinajstić information content (AvgIpc) is 2.98. The Labute approximate surface area is 122 Å². The molecule has 0 saturated carbocycles. The van der Waals surface area contributed by atoms with E-state index in [0.29, 0.717) is 0 Å². The van der Waals surface area contributed by atoms with Crippen LogP contribution < -0.4 is 0 Å². The van der Waals surface area contributed by atoms with Gasteiger partial charge in [-0.25, -0.2) is 9.59 Å². The van der Waals surface area contributed by atoms with E-state index in [1.165, 1.54) is 14.2 Å². The Morgan fingerprint density at radius 3 is 2.38 bits per heavy atom. The highest BCUT2D eigenvalue weighted by Gasteiger charge is 2.38. The summed E-state index contributed by atoms with van der Waals surface area (Å²) >= 11 is 0. The van der Waals surface area contributed by atoms with E-state index in [0.717, 1.165) is 5.56 Å². The second-order valence-electron chi connectivity index (χ2n) is 4.51. The van der Waals surface area contributed by atoms with E-state index >= 15 is 0 Å². The number of methoxy groups -OCH3 is 2. The molecule has 2 atom stereocenters. The molecular weight excluding hydrogens is 272 g/mol. The molecule has 0 fully saturated rings. The van der Waals surface area contributed by atoms with E-state index < -0.39 is 18.0 Å². The van der Waals surface area contributed by atoms with Crippen LogP contribution in [0.4, 0.5) is 0 Å². The molecule has 1 aromatic carbocycles. The van der Waals surface area contributed by atoms with Crippen molar-refractivity contribution in [3.05, 3.63) is 59.9 Å². The van der Waals surface area contributed by atoms with Crippen LogP contribution >= 0.6 is 0 Å². The molecule has 0 aliphatic carbocycles. The molecule has 1 aliphatic rings. The van der Waals surface area contributed by atoms with Gasteiger partial charge in [-0.05, 0) is 11.6 Å². The summed E-state index contributed by atoms with van der Waals surface area (Å²) in [6.07, 6.45) is 0.953. The molecule has 110 valence electrons. The van der Waals surface area contributed by atoms with Gasteiger partial charge in [-0.1, -0.05) is 36.9 Å². The first-order valence-electron chi connectivity index (χ1n) is 6.37. The van der Waals surface area contributed by atoms with Crippen molar-refractivity contribution in [1.29, 1.82) is 0 Å². The number of carbonyl (C=O) groups excluding carboxylic acids is 2. The van der Waals surface area contributed by atoms with Gasteiger partial charge in [-0.2, -0.15) is 0 Å². The van der Waals surface area contributed by atoms with Gasteiger partial charge < -0.3 is 14.2 Å². The summed E-state index contributed by atoms with van der Waals surface area (Å²) in [5, 5.41) is 0. The maximum atomic E-state index is 11.7. The molecule has 0 aromatic heterocycles. The maximum Gasteiger partial charge on any atom is 0.373 e. The minimum absolute atomic E-state index is 0.0707.